The Balaban J connectivity index is 1.84. The molecule has 1 aromatic heterocycles. The summed E-state index contributed by atoms with van der Waals surface area (Å²) in [7, 11) is 0. The molecule has 0 saturated heterocycles. The Bertz CT molecular complexity index is 513. The number of hydrogen-bond donors (Lipinski definition) is 2. The van der Waals surface area contributed by atoms with Crippen molar-refractivity contribution >= 4 is 11.6 Å². The molecule has 0 aliphatic rings. The van der Waals surface area contributed by atoms with E-state index in [1.165, 1.54) is 5.56 Å². The third-order valence-electron chi connectivity index (χ3n) is 3.13. The van der Waals surface area contributed by atoms with Crippen LogP contribution in [-0.2, 0) is 6.42 Å². The average molecular weight is 270 g/mol. The summed E-state index contributed by atoms with van der Waals surface area (Å²) in [4.78, 5) is 8.42. The molecule has 0 saturated carbocycles. The monoisotopic (exact) mass is 270 g/mol. The van der Waals surface area contributed by atoms with E-state index in [1.807, 2.05) is 12.1 Å². The van der Waals surface area contributed by atoms with Gasteiger partial charge in [-0.1, -0.05) is 30.3 Å². The minimum atomic E-state index is 0.375. The van der Waals surface area contributed by atoms with Crippen molar-refractivity contribution in [3.05, 3.63) is 48.3 Å². The number of aromatic nitrogens is 2. The molecule has 2 rings (SSSR count). The van der Waals surface area contributed by atoms with Crippen molar-refractivity contribution < 1.29 is 0 Å². The topological polar surface area (TPSA) is 49.8 Å². The average Bonchev–Trinajstić information content (AvgIpc) is 2.47. The molecule has 4 heteroatoms. The second kappa shape index (κ2) is 7.48. The number of anilines is 2. The molecular weight excluding hydrogens is 248 g/mol. The molecule has 1 heterocycles. The first kappa shape index (κ1) is 14.3. The smallest absolute Gasteiger partial charge is 0.131 e. The van der Waals surface area contributed by atoms with Crippen molar-refractivity contribution in [2.75, 3.05) is 17.2 Å². The molecule has 0 radical (unpaired) electrons. The molecule has 2 aromatic rings. The van der Waals surface area contributed by atoms with Crippen molar-refractivity contribution in [2.24, 2.45) is 0 Å². The summed E-state index contributed by atoms with van der Waals surface area (Å²) in [5.74, 6) is 1.73. The number of aryl methyl sites for hydroxylation is 1. The third kappa shape index (κ3) is 4.53. The molecule has 1 aromatic carbocycles. The Morgan fingerprint density at radius 1 is 1.10 bits per heavy atom. The number of nitrogens with zero attached hydrogens (tertiary/aromatic N) is 2. The Morgan fingerprint density at radius 2 is 1.85 bits per heavy atom. The fraction of sp³-hybridized carbons (Fsp3) is 0.375. The van der Waals surface area contributed by atoms with Gasteiger partial charge in [-0.25, -0.2) is 9.97 Å². The largest absolute Gasteiger partial charge is 0.370 e. The molecule has 0 spiro atoms. The van der Waals surface area contributed by atoms with Crippen LogP contribution in [0.1, 0.15) is 25.8 Å². The summed E-state index contributed by atoms with van der Waals surface area (Å²) in [5.41, 5.74) is 1.37. The van der Waals surface area contributed by atoms with Crippen molar-refractivity contribution in [1.82, 2.24) is 9.97 Å². The lowest BCUT2D eigenvalue weighted by atomic mass is 10.1. The number of nitrogens with one attached hydrogen (secondary N) is 2. The van der Waals surface area contributed by atoms with E-state index in [-0.39, 0.29) is 0 Å². The second-order valence-corrected chi connectivity index (χ2v) is 4.89. The summed E-state index contributed by atoms with van der Waals surface area (Å²) in [5, 5.41) is 6.61. The maximum absolute atomic E-state index is 4.25. The standard InChI is InChI=1S/C16H22N4/c1-3-17-15-11-16(19-12-18-15)20-13(2)9-10-14-7-5-4-6-8-14/h4-8,11-13H,3,9-10H2,1-2H3,(H2,17,18,19,20). The molecule has 0 amide bonds. The van der Waals surface area contributed by atoms with Crippen LogP contribution in [0.25, 0.3) is 0 Å². The van der Waals surface area contributed by atoms with Gasteiger partial charge in [0.25, 0.3) is 0 Å². The third-order valence-corrected chi connectivity index (χ3v) is 3.13. The van der Waals surface area contributed by atoms with Gasteiger partial charge in [0.2, 0.25) is 0 Å². The quantitative estimate of drug-likeness (QED) is 0.810. The normalized spacial score (nSPS) is 11.9. The Hall–Kier alpha value is -2.10. The summed E-state index contributed by atoms with van der Waals surface area (Å²) in [6.07, 6.45) is 3.73. The molecule has 2 N–H and O–H groups in total. The SMILES string of the molecule is CCNc1cc(NC(C)CCc2ccccc2)ncn1. The van der Waals surface area contributed by atoms with Gasteiger partial charge < -0.3 is 10.6 Å². The minimum Gasteiger partial charge on any atom is -0.370 e. The van der Waals surface area contributed by atoms with Crippen LogP contribution in [0.2, 0.25) is 0 Å². The van der Waals surface area contributed by atoms with Crippen molar-refractivity contribution in [1.29, 1.82) is 0 Å². The van der Waals surface area contributed by atoms with E-state index in [0.29, 0.717) is 6.04 Å². The van der Waals surface area contributed by atoms with E-state index in [1.54, 1.807) is 6.33 Å². The van der Waals surface area contributed by atoms with Gasteiger partial charge in [0.05, 0.1) is 0 Å². The zero-order valence-corrected chi connectivity index (χ0v) is 12.1. The zero-order chi connectivity index (χ0) is 14.2. The Kier molecular flexibility index (Phi) is 5.35. The van der Waals surface area contributed by atoms with E-state index in [2.05, 4.69) is 58.7 Å². The van der Waals surface area contributed by atoms with Crippen LogP contribution < -0.4 is 10.6 Å². The molecule has 0 bridgehead atoms. The molecule has 20 heavy (non-hydrogen) atoms. The lowest BCUT2D eigenvalue weighted by Gasteiger charge is -2.15. The van der Waals surface area contributed by atoms with Gasteiger partial charge in [-0.15, -0.1) is 0 Å². The summed E-state index contributed by atoms with van der Waals surface area (Å²) in [6.45, 7) is 5.09. The number of hydrogen-bond acceptors (Lipinski definition) is 4. The fourth-order valence-electron chi connectivity index (χ4n) is 2.07. The van der Waals surface area contributed by atoms with E-state index in [4.69, 9.17) is 0 Å². The molecular formula is C16H22N4. The lowest BCUT2D eigenvalue weighted by molar-refractivity contribution is 0.702. The lowest BCUT2D eigenvalue weighted by Crippen LogP contribution is -2.17. The molecule has 106 valence electrons. The summed E-state index contributed by atoms with van der Waals surface area (Å²) < 4.78 is 0. The number of benzene rings is 1. The van der Waals surface area contributed by atoms with Gasteiger partial charge in [-0.2, -0.15) is 0 Å². The molecule has 1 atom stereocenters. The Morgan fingerprint density at radius 3 is 2.60 bits per heavy atom. The van der Waals surface area contributed by atoms with Gasteiger partial charge in [-0.05, 0) is 32.3 Å². The van der Waals surface area contributed by atoms with Crippen LogP contribution in [0.3, 0.4) is 0 Å². The maximum Gasteiger partial charge on any atom is 0.131 e. The maximum atomic E-state index is 4.25. The zero-order valence-electron chi connectivity index (χ0n) is 12.1. The highest BCUT2D eigenvalue weighted by Crippen LogP contribution is 2.12. The molecule has 0 aliphatic carbocycles. The molecule has 0 fully saturated rings. The van der Waals surface area contributed by atoms with E-state index >= 15 is 0 Å². The highest BCUT2D eigenvalue weighted by molar-refractivity contribution is 5.46. The van der Waals surface area contributed by atoms with Crippen LogP contribution in [-0.4, -0.2) is 22.6 Å². The van der Waals surface area contributed by atoms with Gasteiger partial charge in [0.15, 0.2) is 0 Å². The first-order valence-corrected chi connectivity index (χ1v) is 7.14. The first-order valence-electron chi connectivity index (χ1n) is 7.14. The first-order chi connectivity index (χ1) is 9.78. The van der Waals surface area contributed by atoms with Crippen LogP contribution in [0.4, 0.5) is 11.6 Å². The van der Waals surface area contributed by atoms with Crippen LogP contribution >= 0.6 is 0 Å². The Labute approximate surface area is 120 Å². The fourth-order valence-corrected chi connectivity index (χ4v) is 2.07. The van der Waals surface area contributed by atoms with Crippen molar-refractivity contribution in [3.8, 4) is 0 Å². The predicted molar refractivity (Wildman–Crippen MR) is 84.0 cm³/mol. The summed E-state index contributed by atoms with van der Waals surface area (Å²) in [6, 6.07) is 12.9. The van der Waals surface area contributed by atoms with Gasteiger partial charge in [0.1, 0.15) is 18.0 Å². The second-order valence-electron chi connectivity index (χ2n) is 4.89. The molecule has 0 aliphatic heterocycles. The van der Waals surface area contributed by atoms with Crippen LogP contribution in [0.15, 0.2) is 42.7 Å². The van der Waals surface area contributed by atoms with Crippen LogP contribution in [0, 0.1) is 0 Å². The number of rotatable bonds is 7. The van der Waals surface area contributed by atoms with Crippen molar-refractivity contribution in [3.63, 3.8) is 0 Å². The van der Waals surface area contributed by atoms with E-state index in [0.717, 1.165) is 31.0 Å². The van der Waals surface area contributed by atoms with Crippen LogP contribution in [0.5, 0.6) is 0 Å². The van der Waals surface area contributed by atoms with Crippen molar-refractivity contribution in [2.45, 2.75) is 32.7 Å². The minimum absolute atomic E-state index is 0.375. The van der Waals surface area contributed by atoms with Gasteiger partial charge >= 0.3 is 0 Å². The molecule has 4 nitrogen and oxygen atoms in total. The summed E-state index contributed by atoms with van der Waals surface area (Å²) >= 11 is 0. The van der Waals surface area contributed by atoms with E-state index in [9.17, 15) is 0 Å². The van der Waals surface area contributed by atoms with Gasteiger partial charge in [-0.3, -0.25) is 0 Å². The highest BCUT2D eigenvalue weighted by atomic mass is 15.1. The highest BCUT2D eigenvalue weighted by Gasteiger charge is 2.04. The molecule has 1 unspecified atom stereocenters. The van der Waals surface area contributed by atoms with Gasteiger partial charge in [0, 0.05) is 18.7 Å². The van der Waals surface area contributed by atoms with E-state index < -0.39 is 0 Å². The predicted octanol–water partition coefficient (Wildman–Crippen LogP) is 3.34.